The molecule has 2 aromatic carbocycles. The van der Waals surface area contributed by atoms with Gasteiger partial charge in [0.2, 0.25) is 5.82 Å². The zero-order chi connectivity index (χ0) is 16.9. The van der Waals surface area contributed by atoms with E-state index in [0.29, 0.717) is 17.1 Å². The van der Waals surface area contributed by atoms with Gasteiger partial charge in [-0.15, -0.1) is 15.8 Å². The Labute approximate surface area is 139 Å². The van der Waals surface area contributed by atoms with Crippen molar-refractivity contribution in [2.75, 3.05) is 10.0 Å². The summed E-state index contributed by atoms with van der Waals surface area (Å²) in [5, 5.41) is 21.0. The summed E-state index contributed by atoms with van der Waals surface area (Å²) in [6.07, 6.45) is -4.41. The number of alkyl halides is 3. The molecule has 7 nitrogen and oxygen atoms in total. The number of aliphatic hydroxyl groups is 1. The Balaban J connectivity index is 0.00000182. The number of para-hydroxylation sites is 1. The van der Waals surface area contributed by atoms with Crippen molar-refractivity contribution in [3.05, 3.63) is 65.8 Å². The van der Waals surface area contributed by atoms with Crippen molar-refractivity contribution < 1.29 is 23.8 Å². The number of fused-ring (bicyclic) bond motifs is 3. The van der Waals surface area contributed by atoms with Crippen LogP contribution < -0.4 is 15.6 Å². The fourth-order valence-electron chi connectivity index (χ4n) is 2.47. The molecular weight excluding hydrogens is 339 g/mol. The molecule has 0 aromatic heterocycles. The van der Waals surface area contributed by atoms with Gasteiger partial charge in [0, 0.05) is 0 Å². The molecule has 2 aliphatic heterocycles. The molecule has 4 rings (SSSR count). The number of aliphatic hydroxyl groups excluding tert-OH is 1. The summed E-state index contributed by atoms with van der Waals surface area (Å²) in [7, 11) is 0. The second-order valence-electron chi connectivity index (χ2n) is 5.15. The average Bonchev–Trinajstić information content (AvgIpc) is 2.92. The van der Waals surface area contributed by atoms with Crippen LogP contribution >= 0.6 is 0 Å². The normalized spacial score (nSPS) is 15.8. The summed E-state index contributed by atoms with van der Waals surface area (Å²) in [5.74, 6) is -0.0957. The standard InChI is InChI=1S/C15H10F3N5O.H2O/c16-15(17,18)9-5-7-10(8-6-9)22-14(24)13-20-19-11-3-1-2-4-12(11)23(13)21-22;/h1-8,21,24H;1H2. The zero-order valence-corrected chi connectivity index (χ0v) is 12.5. The lowest BCUT2D eigenvalue weighted by Crippen LogP contribution is -2.42. The van der Waals surface area contributed by atoms with E-state index in [1.807, 2.05) is 0 Å². The number of azo groups is 1. The number of anilines is 2. The first-order chi connectivity index (χ1) is 11.4. The number of hydrogen-bond acceptors (Lipinski definition) is 6. The number of nitrogens with one attached hydrogen (secondary N) is 1. The Morgan fingerprint density at radius 3 is 2.28 bits per heavy atom. The first kappa shape index (κ1) is 16.7. The molecule has 0 unspecified atom stereocenters. The summed E-state index contributed by atoms with van der Waals surface area (Å²) in [5.41, 5.74) is 3.72. The van der Waals surface area contributed by atoms with E-state index >= 15 is 0 Å². The van der Waals surface area contributed by atoms with E-state index in [1.54, 1.807) is 24.3 Å². The summed E-state index contributed by atoms with van der Waals surface area (Å²) >= 11 is 0. The molecule has 0 saturated carbocycles. The SMILES string of the molecule is O.OC1=C2N=Nc3ccccc3N2NN1c1ccc(C(F)(F)F)cc1. The lowest BCUT2D eigenvalue weighted by molar-refractivity contribution is -0.137. The van der Waals surface area contributed by atoms with Gasteiger partial charge in [-0.25, -0.2) is 10.0 Å². The van der Waals surface area contributed by atoms with Gasteiger partial charge in [-0.1, -0.05) is 12.1 Å². The van der Waals surface area contributed by atoms with Gasteiger partial charge in [0.15, 0.2) is 0 Å². The predicted molar refractivity (Wildman–Crippen MR) is 83.8 cm³/mol. The van der Waals surface area contributed by atoms with Crippen LogP contribution in [-0.2, 0) is 6.18 Å². The van der Waals surface area contributed by atoms with Gasteiger partial charge in [-0.3, -0.25) is 0 Å². The Morgan fingerprint density at radius 1 is 0.920 bits per heavy atom. The van der Waals surface area contributed by atoms with Crippen LogP contribution in [0.1, 0.15) is 5.56 Å². The predicted octanol–water partition coefficient (Wildman–Crippen LogP) is 3.41. The van der Waals surface area contributed by atoms with E-state index in [1.165, 1.54) is 22.2 Å². The fraction of sp³-hybridized carbons (Fsp3) is 0.0667. The average molecular weight is 351 g/mol. The molecule has 0 atom stereocenters. The third-order valence-corrected chi connectivity index (χ3v) is 3.65. The maximum atomic E-state index is 12.7. The molecule has 0 fully saturated rings. The molecule has 0 saturated heterocycles. The quantitative estimate of drug-likeness (QED) is 0.823. The Kier molecular flexibility index (Phi) is 3.85. The molecule has 2 heterocycles. The summed E-state index contributed by atoms with van der Waals surface area (Å²) in [6, 6.07) is 11.6. The van der Waals surface area contributed by atoms with Crippen molar-refractivity contribution in [3.8, 4) is 0 Å². The van der Waals surface area contributed by atoms with Gasteiger partial charge < -0.3 is 10.6 Å². The Morgan fingerprint density at radius 2 is 1.60 bits per heavy atom. The molecule has 0 bridgehead atoms. The molecule has 2 aromatic rings. The van der Waals surface area contributed by atoms with E-state index in [0.717, 1.165) is 12.1 Å². The maximum Gasteiger partial charge on any atom is 0.416 e. The number of benzene rings is 2. The van der Waals surface area contributed by atoms with Gasteiger partial charge >= 0.3 is 6.18 Å². The van der Waals surface area contributed by atoms with Crippen LogP contribution in [0.25, 0.3) is 0 Å². The molecule has 25 heavy (non-hydrogen) atoms. The monoisotopic (exact) mass is 351 g/mol. The van der Waals surface area contributed by atoms with Crippen LogP contribution in [0.5, 0.6) is 0 Å². The minimum absolute atomic E-state index is 0. The smallest absolute Gasteiger partial charge is 0.416 e. The Bertz CT molecular complexity index is 864. The van der Waals surface area contributed by atoms with Crippen molar-refractivity contribution in [2.45, 2.75) is 6.18 Å². The van der Waals surface area contributed by atoms with Crippen molar-refractivity contribution in [2.24, 2.45) is 10.2 Å². The second-order valence-corrected chi connectivity index (χ2v) is 5.15. The van der Waals surface area contributed by atoms with E-state index in [-0.39, 0.29) is 17.2 Å². The number of hydrogen-bond donors (Lipinski definition) is 2. The highest BCUT2D eigenvalue weighted by atomic mass is 19.4. The molecule has 10 heteroatoms. The number of halogens is 3. The van der Waals surface area contributed by atoms with Gasteiger partial charge in [0.25, 0.3) is 5.88 Å². The highest BCUT2D eigenvalue weighted by Gasteiger charge is 2.35. The van der Waals surface area contributed by atoms with Crippen LogP contribution in [0.3, 0.4) is 0 Å². The summed E-state index contributed by atoms with van der Waals surface area (Å²) in [4.78, 5) is 0. The summed E-state index contributed by atoms with van der Waals surface area (Å²) < 4.78 is 38.0. The van der Waals surface area contributed by atoms with Crippen molar-refractivity contribution in [1.29, 1.82) is 0 Å². The first-order valence-corrected chi connectivity index (χ1v) is 6.93. The largest absolute Gasteiger partial charge is 0.491 e. The third-order valence-electron chi connectivity index (χ3n) is 3.65. The molecule has 130 valence electrons. The van der Waals surface area contributed by atoms with Crippen LogP contribution in [0, 0.1) is 0 Å². The topological polar surface area (TPSA) is 95.0 Å². The van der Waals surface area contributed by atoms with Gasteiger partial charge in [0.05, 0.1) is 16.9 Å². The van der Waals surface area contributed by atoms with Crippen molar-refractivity contribution in [1.82, 2.24) is 5.53 Å². The van der Waals surface area contributed by atoms with Crippen LogP contribution in [0.4, 0.5) is 30.2 Å². The van der Waals surface area contributed by atoms with Gasteiger partial charge in [-0.2, -0.15) is 13.2 Å². The lowest BCUT2D eigenvalue weighted by Gasteiger charge is -2.25. The van der Waals surface area contributed by atoms with E-state index in [4.69, 9.17) is 0 Å². The number of hydrazine groups is 2. The maximum absolute atomic E-state index is 12.7. The van der Waals surface area contributed by atoms with E-state index in [9.17, 15) is 18.3 Å². The first-order valence-electron chi connectivity index (χ1n) is 6.93. The molecular formula is C15H12F3N5O2. The summed E-state index contributed by atoms with van der Waals surface area (Å²) in [6.45, 7) is 0. The molecule has 0 aliphatic carbocycles. The number of rotatable bonds is 1. The zero-order valence-electron chi connectivity index (χ0n) is 12.5. The van der Waals surface area contributed by atoms with Crippen molar-refractivity contribution >= 4 is 17.1 Å². The van der Waals surface area contributed by atoms with Crippen LogP contribution in [0.2, 0.25) is 0 Å². The van der Waals surface area contributed by atoms with Gasteiger partial charge in [-0.05, 0) is 36.4 Å². The van der Waals surface area contributed by atoms with Crippen molar-refractivity contribution in [3.63, 3.8) is 0 Å². The minimum atomic E-state index is -4.41. The fourth-order valence-corrected chi connectivity index (χ4v) is 2.47. The van der Waals surface area contributed by atoms with E-state index in [2.05, 4.69) is 15.8 Å². The molecule has 0 amide bonds. The molecule has 0 radical (unpaired) electrons. The Hall–Kier alpha value is -3.11. The highest BCUT2D eigenvalue weighted by molar-refractivity contribution is 5.72. The lowest BCUT2D eigenvalue weighted by atomic mass is 10.2. The molecule has 4 N–H and O–H groups in total. The molecule has 2 aliphatic rings. The highest BCUT2D eigenvalue weighted by Crippen LogP contribution is 2.39. The minimum Gasteiger partial charge on any atom is -0.491 e. The van der Waals surface area contributed by atoms with Crippen LogP contribution in [-0.4, -0.2) is 10.6 Å². The van der Waals surface area contributed by atoms with E-state index < -0.39 is 11.7 Å². The third kappa shape index (κ3) is 2.66. The number of nitrogens with zero attached hydrogens (tertiary/aromatic N) is 4. The van der Waals surface area contributed by atoms with Crippen LogP contribution in [0.15, 0.2) is 70.5 Å². The second kappa shape index (κ2) is 5.76. The molecule has 0 spiro atoms. The van der Waals surface area contributed by atoms with Gasteiger partial charge in [0.1, 0.15) is 5.69 Å².